The van der Waals surface area contributed by atoms with Gasteiger partial charge in [-0.15, -0.1) is 0 Å². The number of benzene rings is 1. The summed E-state index contributed by atoms with van der Waals surface area (Å²) in [4.78, 5) is 23.4. The minimum atomic E-state index is -0.239. The maximum Gasteiger partial charge on any atom is 0.251 e. The third-order valence-electron chi connectivity index (χ3n) is 2.24. The minimum Gasteiger partial charge on any atom is -0.352 e. The molecule has 0 aromatic heterocycles. The summed E-state index contributed by atoms with van der Waals surface area (Å²) in [5.74, 6) is -0.211. The Labute approximate surface area is 127 Å². The Bertz CT molecular complexity index is 467. The van der Waals surface area contributed by atoms with Gasteiger partial charge in [0.15, 0.2) is 0 Å². The summed E-state index contributed by atoms with van der Waals surface area (Å²) in [7, 11) is 0. The van der Waals surface area contributed by atoms with Gasteiger partial charge in [0.05, 0.1) is 0 Å². The largest absolute Gasteiger partial charge is 0.352 e. The molecule has 0 unspecified atom stereocenters. The third kappa shape index (κ3) is 6.56. The van der Waals surface area contributed by atoms with Gasteiger partial charge in [0, 0.05) is 27.6 Å². The lowest BCUT2D eigenvalue weighted by molar-refractivity contribution is -0.122. The maximum absolute atomic E-state index is 11.8. The average molecular weight is 374 g/mol. The van der Waals surface area contributed by atoms with E-state index >= 15 is 0 Å². The first-order valence-corrected chi connectivity index (χ1v) is 7.20. The highest BCUT2D eigenvalue weighted by Crippen LogP contribution is 2.07. The van der Waals surface area contributed by atoms with Gasteiger partial charge in [-0.1, -0.05) is 6.07 Å². The van der Waals surface area contributed by atoms with Gasteiger partial charge in [0.1, 0.15) is 0 Å². The molecule has 0 radical (unpaired) electrons. The zero-order valence-electron chi connectivity index (χ0n) is 11.4. The summed E-state index contributed by atoms with van der Waals surface area (Å²) in [5.41, 5.74) is 0.375. The standard InChI is InChI=1S/C14H19IN2O2/c1-14(2,3)17-12(18)7-8-16-13(19)10-5-4-6-11(15)9-10/h4-6,9H,7-8H2,1-3H3,(H,16,19)(H,17,18). The van der Waals surface area contributed by atoms with Gasteiger partial charge in [-0.2, -0.15) is 0 Å². The number of carbonyl (C=O) groups is 2. The molecule has 1 aromatic carbocycles. The van der Waals surface area contributed by atoms with Gasteiger partial charge in [0.25, 0.3) is 5.91 Å². The monoisotopic (exact) mass is 374 g/mol. The molecule has 0 fully saturated rings. The summed E-state index contributed by atoms with van der Waals surface area (Å²) >= 11 is 2.16. The lowest BCUT2D eigenvalue weighted by Gasteiger charge is -2.20. The van der Waals surface area contributed by atoms with Crippen LogP contribution in [-0.2, 0) is 4.79 Å². The van der Waals surface area contributed by atoms with Crippen molar-refractivity contribution in [2.45, 2.75) is 32.7 Å². The van der Waals surface area contributed by atoms with Gasteiger partial charge < -0.3 is 10.6 Å². The number of nitrogens with one attached hydrogen (secondary N) is 2. The molecule has 0 aliphatic carbocycles. The van der Waals surface area contributed by atoms with Crippen LogP contribution in [0.3, 0.4) is 0 Å². The highest BCUT2D eigenvalue weighted by atomic mass is 127. The normalized spacial score (nSPS) is 10.9. The highest BCUT2D eigenvalue weighted by Gasteiger charge is 2.13. The van der Waals surface area contributed by atoms with Crippen molar-refractivity contribution in [3.05, 3.63) is 33.4 Å². The Morgan fingerprint density at radius 2 is 1.95 bits per heavy atom. The quantitative estimate of drug-likeness (QED) is 0.795. The summed E-state index contributed by atoms with van der Waals surface area (Å²) in [6.07, 6.45) is 0.285. The highest BCUT2D eigenvalue weighted by molar-refractivity contribution is 14.1. The number of amides is 2. The molecule has 19 heavy (non-hydrogen) atoms. The molecule has 0 aliphatic rings. The van der Waals surface area contributed by atoms with Crippen molar-refractivity contribution in [1.29, 1.82) is 0 Å². The van der Waals surface area contributed by atoms with Crippen LogP contribution in [0.5, 0.6) is 0 Å². The second-order valence-corrected chi connectivity index (χ2v) is 6.56. The summed E-state index contributed by atoms with van der Waals surface area (Å²) < 4.78 is 1.01. The SMILES string of the molecule is CC(C)(C)NC(=O)CCNC(=O)c1cccc(I)c1. The van der Waals surface area contributed by atoms with Crippen LogP contribution < -0.4 is 10.6 Å². The summed E-state index contributed by atoms with van der Waals surface area (Å²) in [6.45, 7) is 6.12. The first-order valence-electron chi connectivity index (χ1n) is 6.13. The zero-order chi connectivity index (χ0) is 14.5. The molecule has 0 bridgehead atoms. The Morgan fingerprint density at radius 1 is 1.26 bits per heavy atom. The topological polar surface area (TPSA) is 58.2 Å². The molecular formula is C14H19IN2O2. The third-order valence-corrected chi connectivity index (χ3v) is 2.91. The Balaban J connectivity index is 2.37. The molecule has 0 atom stereocenters. The van der Waals surface area contributed by atoms with Crippen LogP contribution in [-0.4, -0.2) is 23.9 Å². The van der Waals surface area contributed by atoms with E-state index in [1.54, 1.807) is 6.07 Å². The number of carbonyl (C=O) groups excluding carboxylic acids is 2. The predicted molar refractivity (Wildman–Crippen MR) is 84.0 cm³/mol. The van der Waals surface area contributed by atoms with Crippen molar-refractivity contribution in [1.82, 2.24) is 10.6 Å². The van der Waals surface area contributed by atoms with Gasteiger partial charge in [0.2, 0.25) is 5.91 Å². The number of hydrogen-bond acceptors (Lipinski definition) is 2. The van der Waals surface area contributed by atoms with E-state index in [0.29, 0.717) is 12.1 Å². The van der Waals surface area contributed by atoms with Crippen molar-refractivity contribution in [3.63, 3.8) is 0 Å². The second-order valence-electron chi connectivity index (χ2n) is 5.31. The molecule has 0 aliphatic heterocycles. The van der Waals surface area contributed by atoms with Crippen molar-refractivity contribution >= 4 is 34.4 Å². The first-order chi connectivity index (χ1) is 8.78. The van der Waals surface area contributed by atoms with Crippen LogP contribution in [0.25, 0.3) is 0 Å². The lowest BCUT2D eigenvalue weighted by Crippen LogP contribution is -2.41. The van der Waals surface area contributed by atoms with Crippen LogP contribution in [0.4, 0.5) is 0 Å². The van der Waals surface area contributed by atoms with Crippen molar-refractivity contribution in [2.24, 2.45) is 0 Å². The van der Waals surface area contributed by atoms with E-state index in [9.17, 15) is 9.59 Å². The van der Waals surface area contributed by atoms with E-state index in [0.717, 1.165) is 3.57 Å². The van der Waals surface area contributed by atoms with Crippen LogP contribution in [0.2, 0.25) is 0 Å². The summed E-state index contributed by atoms with van der Waals surface area (Å²) in [6, 6.07) is 7.33. The number of hydrogen-bond donors (Lipinski definition) is 2. The zero-order valence-corrected chi connectivity index (χ0v) is 13.6. The second kappa shape index (κ2) is 6.88. The molecule has 104 valence electrons. The smallest absolute Gasteiger partial charge is 0.251 e. The molecule has 0 saturated heterocycles. The lowest BCUT2D eigenvalue weighted by atomic mass is 10.1. The molecule has 5 heteroatoms. The van der Waals surface area contributed by atoms with Crippen molar-refractivity contribution in [3.8, 4) is 0 Å². The van der Waals surface area contributed by atoms with Crippen LogP contribution in [0.1, 0.15) is 37.6 Å². The fraction of sp³-hybridized carbons (Fsp3) is 0.429. The van der Waals surface area contributed by atoms with Gasteiger partial charge in [-0.3, -0.25) is 9.59 Å². The molecule has 1 rings (SSSR count). The van der Waals surface area contributed by atoms with Crippen LogP contribution >= 0.6 is 22.6 Å². The van der Waals surface area contributed by atoms with E-state index in [4.69, 9.17) is 0 Å². The van der Waals surface area contributed by atoms with Crippen molar-refractivity contribution in [2.75, 3.05) is 6.54 Å². The fourth-order valence-corrected chi connectivity index (χ4v) is 2.05. The van der Waals surface area contributed by atoms with Crippen molar-refractivity contribution < 1.29 is 9.59 Å². The predicted octanol–water partition coefficient (Wildman–Crippen LogP) is 2.33. The fourth-order valence-electron chi connectivity index (χ4n) is 1.50. The van der Waals surface area contributed by atoms with E-state index in [1.165, 1.54) is 0 Å². The van der Waals surface area contributed by atoms with E-state index in [2.05, 4.69) is 33.2 Å². The first kappa shape index (κ1) is 15.9. The molecule has 0 heterocycles. The van der Waals surface area contributed by atoms with Gasteiger partial charge in [-0.05, 0) is 61.6 Å². The van der Waals surface area contributed by atoms with Crippen LogP contribution in [0, 0.1) is 3.57 Å². The molecule has 2 N–H and O–H groups in total. The molecule has 2 amide bonds. The minimum absolute atomic E-state index is 0.0598. The Kier molecular flexibility index (Phi) is 5.78. The molecule has 0 spiro atoms. The Morgan fingerprint density at radius 3 is 2.53 bits per heavy atom. The number of halogens is 1. The molecular weight excluding hydrogens is 355 g/mol. The maximum atomic E-state index is 11.8. The van der Waals surface area contributed by atoms with E-state index in [1.807, 2.05) is 39.0 Å². The molecule has 1 aromatic rings. The van der Waals surface area contributed by atoms with Gasteiger partial charge in [-0.25, -0.2) is 0 Å². The van der Waals surface area contributed by atoms with E-state index in [-0.39, 0.29) is 23.8 Å². The molecule has 4 nitrogen and oxygen atoms in total. The van der Waals surface area contributed by atoms with Crippen LogP contribution in [0.15, 0.2) is 24.3 Å². The van der Waals surface area contributed by atoms with E-state index < -0.39 is 0 Å². The average Bonchev–Trinajstić information content (AvgIpc) is 2.26. The molecule has 0 saturated carbocycles. The Hall–Kier alpha value is -1.11. The van der Waals surface area contributed by atoms with Gasteiger partial charge >= 0.3 is 0 Å². The summed E-state index contributed by atoms with van der Waals surface area (Å²) in [5, 5.41) is 5.59. The number of rotatable bonds is 4.